The fourth-order valence-electron chi connectivity index (χ4n) is 1.99. The lowest BCUT2D eigenvalue weighted by Gasteiger charge is -2.09. The molecule has 0 spiro atoms. The van der Waals surface area contributed by atoms with Crippen molar-refractivity contribution in [3.63, 3.8) is 0 Å². The summed E-state index contributed by atoms with van der Waals surface area (Å²) in [5.74, 6) is 1.39. The molecule has 0 atom stereocenters. The van der Waals surface area contributed by atoms with Crippen LogP contribution in [-0.4, -0.2) is 14.2 Å². The molecule has 0 fully saturated rings. The summed E-state index contributed by atoms with van der Waals surface area (Å²) in [6.45, 7) is 1.28. The van der Waals surface area contributed by atoms with Gasteiger partial charge in [-0.3, -0.25) is 0 Å². The van der Waals surface area contributed by atoms with E-state index in [1.54, 1.807) is 13.2 Å². The zero-order chi connectivity index (χ0) is 15.1. The smallest absolute Gasteiger partial charge is 0.137 e. The van der Waals surface area contributed by atoms with Crippen molar-refractivity contribution in [1.82, 2.24) is 5.32 Å². The van der Waals surface area contributed by atoms with Crippen molar-refractivity contribution in [1.29, 1.82) is 5.26 Å². The van der Waals surface area contributed by atoms with Gasteiger partial charge in [0.05, 0.1) is 12.7 Å². The summed E-state index contributed by atoms with van der Waals surface area (Å²) in [7, 11) is 3.48. The maximum atomic E-state index is 8.95. The van der Waals surface area contributed by atoms with Crippen LogP contribution in [0.4, 0.5) is 0 Å². The average molecular weight is 282 g/mol. The summed E-state index contributed by atoms with van der Waals surface area (Å²) in [5, 5.41) is 12.1. The average Bonchev–Trinajstić information content (AvgIpc) is 2.54. The predicted octanol–water partition coefficient (Wildman–Crippen LogP) is 2.87. The molecule has 0 saturated carbocycles. The normalized spacial score (nSPS) is 9.95. The van der Waals surface area contributed by atoms with E-state index in [9.17, 15) is 0 Å². The molecule has 0 radical (unpaired) electrons. The second kappa shape index (κ2) is 7.32. The fourth-order valence-corrected chi connectivity index (χ4v) is 1.99. The predicted molar refractivity (Wildman–Crippen MR) is 81.2 cm³/mol. The Hall–Kier alpha value is -2.51. The number of nitrogens with zero attached hydrogens (tertiary/aromatic N) is 1. The van der Waals surface area contributed by atoms with Gasteiger partial charge in [-0.2, -0.15) is 5.26 Å². The highest BCUT2D eigenvalue weighted by atomic mass is 16.5. The van der Waals surface area contributed by atoms with Gasteiger partial charge in [-0.05, 0) is 42.4 Å². The molecule has 4 nitrogen and oxygen atoms in total. The van der Waals surface area contributed by atoms with E-state index >= 15 is 0 Å². The van der Waals surface area contributed by atoms with E-state index < -0.39 is 0 Å². The standard InChI is InChI=1S/C17H18N2O2/c1-19-11-13-4-7-16(8-5-13)21-12-14-3-6-15(10-18)17(9-14)20-2/h3-9,19H,11-12H2,1-2H3. The molecular formula is C17H18N2O2. The lowest BCUT2D eigenvalue weighted by atomic mass is 10.1. The number of nitrogens with one attached hydrogen (secondary N) is 1. The van der Waals surface area contributed by atoms with Gasteiger partial charge < -0.3 is 14.8 Å². The van der Waals surface area contributed by atoms with Gasteiger partial charge in [0.25, 0.3) is 0 Å². The third-order valence-electron chi connectivity index (χ3n) is 3.10. The summed E-state index contributed by atoms with van der Waals surface area (Å²) in [4.78, 5) is 0. The first-order chi connectivity index (χ1) is 10.3. The van der Waals surface area contributed by atoms with Crippen molar-refractivity contribution in [3.8, 4) is 17.6 Å². The molecule has 108 valence electrons. The monoisotopic (exact) mass is 282 g/mol. The third kappa shape index (κ3) is 3.98. The van der Waals surface area contributed by atoms with Crippen LogP contribution < -0.4 is 14.8 Å². The number of hydrogen-bond donors (Lipinski definition) is 1. The topological polar surface area (TPSA) is 54.3 Å². The van der Waals surface area contributed by atoms with Gasteiger partial charge in [0.1, 0.15) is 24.2 Å². The SMILES string of the molecule is CNCc1ccc(OCc2ccc(C#N)c(OC)c2)cc1. The number of nitriles is 1. The van der Waals surface area contributed by atoms with Gasteiger partial charge in [0.2, 0.25) is 0 Å². The van der Waals surface area contributed by atoms with E-state index in [0.717, 1.165) is 17.9 Å². The first kappa shape index (κ1) is 14.9. The minimum atomic E-state index is 0.438. The molecule has 0 bridgehead atoms. The first-order valence-corrected chi connectivity index (χ1v) is 6.70. The summed E-state index contributed by atoms with van der Waals surface area (Å²) in [6.07, 6.45) is 0. The molecule has 0 aliphatic heterocycles. The van der Waals surface area contributed by atoms with Crippen LogP contribution in [0.25, 0.3) is 0 Å². The highest BCUT2D eigenvalue weighted by molar-refractivity contribution is 5.45. The Balaban J connectivity index is 2.01. The maximum Gasteiger partial charge on any atom is 0.137 e. The lowest BCUT2D eigenvalue weighted by Crippen LogP contribution is -2.04. The Labute approximate surface area is 124 Å². The van der Waals surface area contributed by atoms with Crippen LogP contribution in [0.5, 0.6) is 11.5 Å². The van der Waals surface area contributed by atoms with Gasteiger partial charge in [-0.1, -0.05) is 18.2 Å². The zero-order valence-electron chi connectivity index (χ0n) is 12.2. The summed E-state index contributed by atoms with van der Waals surface area (Å²) < 4.78 is 10.9. The second-order valence-electron chi connectivity index (χ2n) is 4.61. The van der Waals surface area contributed by atoms with E-state index in [1.165, 1.54) is 5.56 Å². The Morgan fingerprint density at radius 1 is 1.10 bits per heavy atom. The van der Waals surface area contributed by atoms with E-state index in [2.05, 4.69) is 11.4 Å². The van der Waals surface area contributed by atoms with E-state index in [-0.39, 0.29) is 0 Å². The van der Waals surface area contributed by atoms with Crippen LogP contribution in [-0.2, 0) is 13.2 Å². The van der Waals surface area contributed by atoms with Crippen molar-refractivity contribution in [2.75, 3.05) is 14.2 Å². The van der Waals surface area contributed by atoms with Crippen LogP contribution in [0.1, 0.15) is 16.7 Å². The Morgan fingerprint density at radius 2 is 1.81 bits per heavy atom. The molecule has 2 aromatic rings. The van der Waals surface area contributed by atoms with Crippen molar-refractivity contribution >= 4 is 0 Å². The van der Waals surface area contributed by atoms with Gasteiger partial charge in [-0.25, -0.2) is 0 Å². The molecule has 0 heterocycles. The molecule has 0 aliphatic carbocycles. The Morgan fingerprint density at radius 3 is 2.43 bits per heavy atom. The molecule has 0 aromatic heterocycles. The molecule has 4 heteroatoms. The number of ether oxygens (including phenoxy) is 2. The van der Waals surface area contributed by atoms with Gasteiger partial charge in [0, 0.05) is 6.54 Å². The number of hydrogen-bond acceptors (Lipinski definition) is 4. The van der Waals surface area contributed by atoms with Crippen LogP contribution >= 0.6 is 0 Å². The van der Waals surface area contributed by atoms with Gasteiger partial charge in [-0.15, -0.1) is 0 Å². The lowest BCUT2D eigenvalue weighted by molar-refractivity contribution is 0.305. The molecule has 2 aromatic carbocycles. The van der Waals surface area contributed by atoms with Crippen LogP contribution in [0, 0.1) is 11.3 Å². The molecule has 0 saturated heterocycles. The highest BCUT2D eigenvalue weighted by Gasteiger charge is 2.04. The largest absolute Gasteiger partial charge is 0.495 e. The maximum absolute atomic E-state index is 8.95. The van der Waals surface area contributed by atoms with Crippen LogP contribution in [0.2, 0.25) is 0 Å². The molecule has 2 rings (SSSR count). The fraction of sp³-hybridized carbons (Fsp3) is 0.235. The first-order valence-electron chi connectivity index (χ1n) is 6.70. The highest BCUT2D eigenvalue weighted by Crippen LogP contribution is 2.21. The van der Waals surface area contributed by atoms with Crippen molar-refractivity contribution in [2.45, 2.75) is 13.2 Å². The van der Waals surface area contributed by atoms with Crippen molar-refractivity contribution < 1.29 is 9.47 Å². The summed E-state index contributed by atoms with van der Waals surface area (Å²) in [6, 6.07) is 15.5. The zero-order valence-corrected chi connectivity index (χ0v) is 12.2. The number of rotatable bonds is 6. The number of benzene rings is 2. The Kier molecular flexibility index (Phi) is 5.19. The minimum Gasteiger partial charge on any atom is -0.495 e. The Bertz CT molecular complexity index is 630. The summed E-state index contributed by atoms with van der Waals surface area (Å²) in [5.41, 5.74) is 2.70. The summed E-state index contributed by atoms with van der Waals surface area (Å²) >= 11 is 0. The number of methoxy groups -OCH3 is 1. The minimum absolute atomic E-state index is 0.438. The quantitative estimate of drug-likeness (QED) is 0.885. The van der Waals surface area contributed by atoms with Gasteiger partial charge >= 0.3 is 0 Å². The van der Waals surface area contributed by atoms with Crippen molar-refractivity contribution in [2.24, 2.45) is 0 Å². The van der Waals surface area contributed by atoms with Crippen molar-refractivity contribution in [3.05, 3.63) is 59.2 Å². The van der Waals surface area contributed by atoms with Gasteiger partial charge in [0.15, 0.2) is 0 Å². The molecule has 1 N–H and O–H groups in total. The second-order valence-corrected chi connectivity index (χ2v) is 4.61. The van der Waals surface area contributed by atoms with Crippen LogP contribution in [0.15, 0.2) is 42.5 Å². The van der Waals surface area contributed by atoms with Crippen LogP contribution in [0.3, 0.4) is 0 Å². The van der Waals surface area contributed by atoms with E-state index in [1.807, 2.05) is 43.4 Å². The molecule has 21 heavy (non-hydrogen) atoms. The third-order valence-corrected chi connectivity index (χ3v) is 3.10. The molecule has 0 unspecified atom stereocenters. The van der Waals surface area contributed by atoms with E-state index in [4.69, 9.17) is 14.7 Å². The molecule has 0 amide bonds. The van der Waals surface area contributed by atoms with E-state index in [0.29, 0.717) is 17.9 Å². The molecular weight excluding hydrogens is 264 g/mol. The molecule has 0 aliphatic rings.